The van der Waals surface area contributed by atoms with Crippen LogP contribution < -0.4 is 0 Å². The Morgan fingerprint density at radius 1 is 1.64 bits per heavy atom. The first kappa shape index (κ1) is 8.60. The second-order valence-electron chi connectivity index (χ2n) is 3.31. The minimum Gasteiger partial charge on any atom is -0.377 e. The van der Waals surface area contributed by atoms with E-state index in [1.54, 1.807) is 0 Å². The molecule has 1 aliphatic rings. The van der Waals surface area contributed by atoms with Gasteiger partial charge in [0, 0.05) is 6.54 Å². The third kappa shape index (κ3) is 1.96. The Morgan fingerprint density at radius 3 is 2.82 bits per heavy atom. The summed E-state index contributed by atoms with van der Waals surface area (Å²) in [5.41, 5.74) is 0. The highest BCUT2D eigenvalue weighted by Gasteiger charge is 2.22. The molecule has 1 atom stereocenters. The number of rotatable bonds is 2. The molecule has 1 heterocycles. The molecule has 0 aromatic carbocycles. The molecule has 1 rings (SSSR count). The lowest BCUT2D eigenvalue weighted by Gasteiger charge is -2.37. The molecule has 0 N–H and O–H groups in total. The highest BCUT2D eigenvalue weighted by molar-refractivity contribution is 4.84. The summed E-state index contributed by atoms with van der Waals surface area (Å²) in [4.78, 5) is 2.27. The van der Waals surface area contributed by atoms with Gasteiger partial charge < -0.3 is 9.64 Å². The van der Waals surface area contributed by atoms with Gasteiger partial charge in [-0.15, -0.1) is 0 Å². The summed E-state index contributed by atoms with van der Waals surface area (Å²) in [7, 11) is 0. The molecule has 0 aromatic heterocycles. The first-order valence-electron chi connectivity index (χ1n) is 4.21. The molecule has 1 fully saturated rings. The summed E-state index contributed by atoms with van der Waals surface area (Å²) in [5.74, 6) is 0.647. The first-order chi connectivity index (χ1) is 5.25. The molecule has 64 valence electrons. The van der Waals surface area contributed by atoms with E-state index in [1.165, 1.54) is 0 Å². The van der Waals surface area contributed by atoms with E-state index in [9.17, 15) is 0 Å². The maximum Gasteiger partial charge on any atom is 0.0673 e. The van der Waals surface area contributed by atoms with Crippen molar-refractivity contribution in [3.63, 3.8) is 0 Å². The van der Waals surface area contributed by atoms with Crippen molar-refractivity contribution in [1.29, 1.82) is 0 Å². The van der Waals surface area contributed by atoms with Crippen molar-refractivity contribution in [3.05, 3.63) is 12.8 Å². The summed E-state index contributed by atoms with van der Waals surface area (Å²) < 4.78 is 5.39. The van der Waals surface area contributed by atoms with Crippen LogP contribution in [0.15, 0.2) is 12.8 Å². The normalized spacial score (nSPS) is 25.7. The number of ether oxygens (including phenoxy) is 1. The van der Waals surface area contributed by atoms with Gasteiger partial charge in [0.15, 0.2) is 0 Å². The molecule has 0 aromatic rings. The fourth-order valence-electron chi connectivity index (χ4n) is 1.44. The van der Waals surface area contributed by atoms with Crippen LogP contribution in [-0.2, 0) is 4.74 Å². The lowest BCUT2D eigenvalue weighted by molar-refractivity contribution is -0.000510. The molecule has 0 aliphatic carbocycles. The molecule has 2 heteroatoms. The molecule has 0 amide bonds. The number of hydrogen-bond acceptors (Lipinski definition) is 2. The topological polar surface area (TPSA) is 12.5 Å². The van der Waals surface area contributed by atoms with E-state index < -0.39 is 0 Å². The zero-order chi connectivity index (χ0) is 8.27. The van der Waals surface area contributed by atoms with E-state index >= 15 is 0 Å². The van der Waals surface area contributed by atoms with Crippen LogP contribution in [0.2, 0.25) is 0 Å². The molecule has 0 saturated carbocycles. The molecule has 1 saturated heterocycles. The van der Waals surface area contributed by atoms with Gasteiger partial charge in [0.1, 0.15) is 0 Å². The number of morpholine rings is 1. The van der Waals surface area contributed by atoms with Crippen LogP contribution in [0.4, 0.5) is 0 Å². The maximum atomic E-state index is 5.39. The molecule has 2 nitrogen and oxygen atoms in total. The van der Waals surface area contributed by atoms with Gasteiger partial charge in [-0.3, -0.25) is 0 Å². The van der Waals surface area contributed by atoms with Crippen molar-refractivity contribution < 1.29 is 4.74 Å². The van der Waals surface area contributed by atoms with Gasteiger partial charge in [-0.2, -0.15) is 0 Å². The van der Waals surface area contributed by atoms with E-state index in [0.29, 0.717) is 12.0 Å². The second-order valence-corrected chi connectivity index (χ2v) is 3.31. The Kier molecular flexibility index (Phi) is 2.94. The van der Waals surface area contributed by atoms with Crippen molar-refractivity contribution in [2.45, 2.75) is 19.9 Å². The Bertz CT molecular complexity index is 134. The van der Waals surface area contributed by atoms with Gasteiger partial charge in [0.05, 0.1) is 19.3 Å². The lowest BCUT2D eigenvalue weighted by atomic mass is 10.0. The quantitative estimate of drug-likeness (QED) is 0.599. The first-order valence-corrected chi connectivity index (χ1v) is 4.21. The zero-order valence-electron chi connectivity index (χ0n) is 7.42. The average Bonchev–Trinajstić information content (AvgIpc) is 2.04. The predicted octanol–water partition coefficient (Wildman–Crippen LogP) is 1.49. The average molecular weight is 155 g/mol. The van der Waals surface area contributed by atoms with Gasteiger partial charge in [0.2, 0.25) is 0 Å². The molecular formula is C9H17NO. The minimum atomic E-state index is 0.529. The zero-order valence-corrected chi connectivity index (χ0v) is 7.42. The summed E-state index contributed by atoms with van der Waals surface area (Å²) in [5, 5.41) is 0. The predicted molar refractivity (Wildman–Crippen MR) is 46.3 cm³/mol. The van der Waals surface area contributed by atoms with Crippen LogP contribution in [0, 0.1) is 5.92 Å². The summed E-state index contributed by atoms with van der Waals surface area (Å²) in [6, 6.07) is 0.529. The van der Waals surface area contributed by atoms with Gasteiger partial charge in [-0.1, -0.05) is 20.4 Å². The van der Waals surface area contributed by atoms with Crippen LogP contribution >= 0.6 is 0 Å². The Balaban J connectivity index is 2.51. The van der Waals surface area contributed by atoms with Crippen LogP contribution in [-0.4, -0.2) is 30.7 Å². The van der Waals surface area contributed by atoms with E-state index in [4.69, 9.17) is 4.74 Å². The standard InChI is InChI=1S/C9H17NO/c1-4-10-5-6-11-7-9(10)8(2)3/h4,8-9H,1,5-7H2,2-3H3. The molecule has 1 aliphatic heterocycles. The number of hydrogen-bond donors (Lipinski definition) is 0. The monoisotopic (exact) mass is 155 g/mol. The van der Waals surface area contributed by atoms with E-state index in [0.717, 1.165) is 19.8 Å². The summed E-state index contributed by atoms with van der Waals surface area (Å²) in [6.45, 7) is 10.9. The molecule has 0 bridgehead atoms. The molecule has 11 heavy (non-hydrogen) atoms. The fraction of sp³-hybridized carbons (Fsp3) is 0.778. The lowest BCUT2D eigenvalue weighted by Crippen LogP contribution is -2.44. The van der Waals surface area contributed by atoms with Crippen LogP contribution in [0.1, 0.15) is 13.8 Å². The van der Waals surface area contributed by atoms with Gasteiger partial charge in [-0.05, 0) is 12.1 Å². The molecule has 0 radical (unpaired) electrons. The SMILES string of the molecule is C=CN1CCOCC1C(C)C. The summed E-state index contributed by atoms with van der Waals surface area (Å²) >= 11 is 0. The van der Waals surface area contributed by atoms with Gasteiger partial charge in [0.25, 0.3) is 0 Å². The van der Waals surface area contributed by atoms with E-state index in [2.05, 4.69) is 25.3 Å². The van der Waals surface area contributed by atoms with Crippen LogP contribution in [0.5, 0.6) is 0 Å². The molecular weight excluding hydrogens is 138 g/mol. The van der Waals surface area contributed by atoms with Crippen LogP contribution in [0.3, 0.4) is 0 Å². The maximum absolute atomic E-state index is 5.39. The Labute approximate surface area is 68.8 Å². The largest absolute Gasteiger partial charge is 0.377 e. The minimum absolute atomic E-state index is 0.529. The smallest absolute Gasteiger partial charge is 0.0673 e. The van der Waals surface area contributed by atoms with E-state index in [-0.39, 0.29) is 0 Å². The van der Waals surface area contributed by atoms with Gasteiger partial charge >= 0.3 is 0 Å². The summed E-state index contributed by atoms with van der Waals surface area (Å²) in [6.07, 6.45) is 1.92. The van der Waals surface area contributed by atoms with Crippen molar-refractivity contribution in [2.24, 2.45) is 5.92 Å². The highest BCUT2D eigenvalue weighted by Crippen LogP contribution is 2.14. The van der Waals surface area contributed by atoms with Crippen molar-refractivity contribution >= 4 is 0 Å². The second kappa shape index (κ2) is 3.77. The van der Waals surface area contributed by atoms with E-state index in [1.807, 2.05) is 6.20 Å². The van der Waals surface area contributed by atoms with Crippen molar-refractivity contribution in [2.75, 3.05) is 19.8 Å². The third-order valence-corrected chi connectivity index (χ3v) is 2.21. The van der Waals surface area contributed by atoms with Crippen molar-refractivity contribution in [1.82, 2.24) is 4.90 Å². The molecule has 0 spiro atoms. The fourth-order valence-corrected chi connectivity index (χ4v) is 1.44. The van der Waals surface area contributed by atoms with Gasteiger partial charge in [-0.25, -0.2) is 0 Å². The third-order valence-electron chi connectivity index (χ3n) is 2.21. The van der Waals surface area contributed by atoms with Crippen molar-refractivity contribution in [3.8, 4) is 0 Å². The molecule has 1 unspecified atom stereocenters. The number of nitrogens with zero attached hydrogens (tertiary/aromatic N) is 1. The Morgan fingerprint density at radius 2 is 2.36 bits per heavy atom. The van der Waals surface area contributed by atoms with Crippen LogP contribution in [0.25, 0.3) is 0 Å². The highest BCUT2D eigenvalue weighted by atomic mass is 16.5. The Hall–Kier alpha value is -0.500.